The second kappa shape index (κ2) is 29.6. The van der Waals surface area contributed by atoms with Crippen molar-refractivity contribution in [2.24, 2.45) is 17.8 Å². The van der Waals surface area contributed by atoms with Crippen LogP contribution in [0.1, 0.15) is 115 Å². The number of nitrogens with zero attached hydrogens (tertiary/aromatic N) is 3. The van der Waals surface area contributed by atoms with Crippen molar-refractivity contribution < 1.29 is 46.8 Å². The van der Waals surface area contributed by atoms with E-state index in [2.05, 4.69) is 94.6 Å². The van der Waals surface area contributed by atoms with E-state index in [0.29, 0.717) is 51.8 Å². The van der Waals surface area contributed by atoms with Crippen molar-refractivity contribution in [1.82, 2.24) is 0 Å². The third-order valence-corrected chi connectivity index (χ3v) is 20.8. The molecule has 15 heteroatoms. The van der Waals surface area contributed by atoms with Gasteiger partial charge in [0.2, 0.25) is 0 Å². The normalized spacial score (nSPS) is 19.3. The minimum atomic E-state index is -0.183. The van der Waals surface area contributed by atoms with Crippen LogP contribution in [-0.4, -0.2) is 125 Å². The molecule has 1 saturated heterocycles. The fraction of sp³-hybridized carbons (Fsp3) is 0.423. The molecule has 0 radical (unpaired) electrons. The van der Waals surface area contributed by atoms with Gasteiger partial charge in [0, 0.05) is 74.2 Å². The highest BCUT2D eigenvalue weighted by Crippen LogP contribution is 2.49. The van der Waals surface area contributed by atoms with Gasteiger partial charge in [0.15, 0.2) is 0 Å². The maximum atomic E-state index is 12.8. The molecule has 3 amide bonds. The predicted molar refractivity (Wildman–Crippen MR) is 376 cm³/mol. The van der Waals surface area contributed by atoms with E-state index in [1.165, 1.54) is 81.0 Å². The molecule has 93 heavy (non-hydrogen) atoms. The van der Waals surface area contributed by atoms with Gasteiger partial charge in [0.1, 0.15) is 56.7 Å². The maximum Gasteiger partial charge on any atom is 0.255 e. The Labute approximate surface area is 561 Å². The highest BCUT2D eigenvalue weighted by atomic mass is 35.5. The van der Waals surface area contributed by atoms with Gasteiger partial charge in [-0.1, -0.05) is 109 Å². The lowest BCUT2D eigenvalue weighted by Gasteiger charge is -2.40. The number of para-hydroxylation sites is 2. The van der Waals surface area contributed by atoms with Crippen molar-refractivity contribution in [1.29, 1.82) is 0 Å². The van der Waals surface area contributed by atoms with Crippen LogP contribution >= 0.6 is 23.2 Å². The summed E-state index contributed by atoms with van der Waals surface area (Å²) in [5, 5.41) is 9.96. The molecule has 13 rings (SSSR count). The monoisotopic (exact) mass is 1300 g/mol. The number of fused-ring (bicyclic) bond motifs is 5. The topological polar surface area (TPSA) is 124 Å². The number of rotatable bonds is 16. The molecule has 4 aliphatic heterocycles. The lowest BCUT2D eigenvalue weighted by Crippen LogP contribution is -2.50. The lowest BCUT2D eigenvalue weighted by atomic mass is 9.88. The number of anilines is 3. The van der Waals surface area contributed by atoms with Gasteiger partial charge in [0.05, 0.1) is 95.9 Å². The fourth-order valence-electron chi connectivity index (χ4n) is 15.2. The molecule has 3 unspecified atom stereocenters. The molecule has 3 aliphatic carbocycles. The number of carbonyl (C=O) groups is 3. The molecule has 490 valence electrons. The standard InChI is InChI=1S/C27H30Cl2N2O2.C26H32N2O2.C25H30N2O3/c1-31(2,15-21-10-18-3-6-19(21)9-18)14-17-4-7-24(8-5-17)30-27(32)22-11-20-12-23(28)13-25(29)26(20)33-16-22;1-19-8-7-9-21-16-22(18-30-25(19)21)26(29)27-23-14-12-20(13-15-23)17-28(2,3)24-10-5-4-6-11-24;1-18-5-4-6-20-15-21(17-30-24(18)20)25(28)26-22-9-7-19(8-10-22)16-27(2,3)23-11-13-29-14-12-23/h4-5,7-8,11-13,18-19,21H,3,6,9-10,14-16H2,1-2H3;7-9,12-16,24H,4-6,10-11,17-18H2,1-3H3;4-10,15,23H,11-14,16-17H2,1-3H3/p+3. The van der Waals surface area contributed by atoms with Crippen molar-refractivity contribution in [3.05, 3.63) is 193 Å². The number of halogens is 2. The van der Waals surface area contributed by atoms with Gasteiger partial charge >= 0.3 is 0 Å². The summed E-state index contributed by atoms with van der Waals surface area (Å²) >= 11 is 12.3. The van der Waals surface area contributed by atoms with Crippen molar-refractivity contribution in [2.75, 3.05) is 97.8 Å². The Morgan fingerprint density at radius 1 is 0.484 bits per heavy atom. The van der Waals surface area contributed by atoms with Crippen LogP contribution in [0.3, 0.4) is 0 Å². The van der Waals surface area contributed by atoms with E-state index in [-0.39, 0.29) is 24.3 Å². The summed E-state index contributed by atoms with van der Waals surface area (Å²) < 4.78 is 25.9. The Bertz CT molecular complexity index is 3590. The van der Waals surface area contributed by atoms with Crippen LogP contribution in [0.4, 0.5) is 17.1 Å². The van der Waals surface area contributed by atoms with Crippen LogP contribution in [0, 0.1) is 31.6 Å². The number of hydrogen-bond donors (Lipinski definition) is 3. The second-order valence-electron chi connectivity index (χ2n) is 28.8. The van der Waals surface area contributed by atoms with E-state index >= 15 is 0 Å². The number of carbonyl (C=O) groups excluding carboxylic acids is 3. The summed E-state index contributed by atoms with van der Waals surface area (Å²) in [6.45, 7) is 10.8. The molecule has 3 N–H and O–H groups in total. The van der Waals surface area contributed by atoms with Crippen molar-refractivity contribution in [3.8, 4) is 17.2 Å². The van der Waals surface area contributed by atoms with E-state index in [4.69, 9.17) is 42.1 Å². The first kappa shape index (κ1) is 67.2. The van der Waals surface area contributed by atoms with Crippen LogP contribution < -0.4 is 30.2 Å². The zero-order valence-corrected chi connectivity index (χ0v) is 57.3. The van der Waals surface area contributed by atoms with E-state index in [1.807, 2.05) is 98.8 Å². The highest BCUT2D eigenvalue weighted by Gasteiger charge is 2.42. The minimum absolute atomic E-state index is 0.103. The van der Waals surface area contributed by atoms with Gasteiger partial charge in [-0.15, -0.1) is 0 Å². The second-order valence-corrected chi connectivity index (χ2v) is 29.7. The number of hydrogen-bond acceptors (Lipinski definition) is 7. The molecule has 0 aromatic heterocycles. The number of nitrogens with one attached hydrogen (secondary N) is 3. The van der Waals surface area contributed by atoms with Crippen LogP contribution in [0.25, 0.3) is 18.2 Å². The molecular formula is C78H95Cl2N6O7+3. The average molecular weight is 1300 g/mol. The zero-order chi connectivity index (χ0) is 65.4. The van der Waals surface area contributed by atoms with Gasteiger partial charge in [-0.25, -0.2) is 0 Å². The van der Waals surface area contributed by atoms with Crippen LogP contribution in [-0.2, 0) is 38.8 Å². The van der Waals surface area contributed by atoms with E-state index in [1.54, 1.807) is 18.2 Å². The third kappa shape index (κ3) is 17.4. The fourth-order valence-corrected chi connectivity index (χ4v) is 15.8. The Morgan fingerprint density at radius 2 is 0.925 bits per heavy atom. The largest absolute Gasteiger partial charge is 0.488 e. The van der Waals surface area contributed by atoms with E-state index < -0.39 is 0 Å². The Balaban J connectivity index is 0.000000143. The van der Waals surface area contributed by atoms with Crippen LogP contribution in [0.15, 0.2) is 138 Å². The van der Waals surface area contributed by atoms with Crippen LogP contribution in [0.2, 0.25) is 10.0 Å². The molecular weight excluding hydrogens is 1200 g/mol. The summed E-state index contributed by atoms with van der Waals surface area (Å²) in [6.07, 6.45) is 20.4. The number of ether oxygens (including phenoxy) is 4. The molecule has 3 atom stereocenters. The molecule has 4 heterocycles. The summed E-state index contributed by atoms with van der Waals surface area (Å²) in [5.74, 6) is 4.74. The van der Waals surface area contributed by atoms with Gasteiger partial charge in [-0.05, 0) is 149 Å². The van der Waals surface area contributed by atoms with Gasteiger partial charge in [0.25, 0.3) is 17.7 Å². The lowest BCUT2D eigenvalue weighted by molar-refractivity contribution is -0.929. The number of aryl methyl sites for hydroxylation is 2. The van der Waals surface area contributed by atoms with E-state index in [9.17, 15) is 14.4 Å². The van der Waals surface area contributed by atoms with Crippen molar-refractivity contribution in [3.63, 3.8) is 0 Å². The smallest absolute Gasteiger partial charge is 0.255 e. The molecule has 0 spiro atoms. The van der Waals surface area contributed by atoms with Crippen LogP contribution in [0.5, 0.6) is 17.2 Å². The SMILES string of the molecule is C[N+](C)(Cc1ccc(NC(=O)C2=Cc3cc(Cl)cc(Cl)c3OC2)cc1)CC1CC2CCC1C2.Cc1cccc2c1OCC(C(=O)Nc1ccc(C[N+](C)(C)C3CCCCC3)cc1)=C2.Cc1cccc2c1OCC(C(=O)Nc1ccc(C[N+](C)(C)C3CCOCC3)cc1)=C2. The first-order valence-electron chi connectivity index (χ1n) is 33.5. The van der Waals surface area contributed by atoms with Crippen molar-refractivity contribution >= 4 is 76.2 Å². The Morgan fingerprint density at radius 3 is 1.38 bits per heavy atom. The molecule has 6 aromatic carbocycles. The zero-order valence-electron chi connectivity index (χ0n) is 55.8. The summed E-state index contributed by atoms with van der Waals surface area (Å²) in [5.41, 5.74) is 12.9. The average Bonchev–Trinajstić information content (AvgIpc) is 1.88. The maximum absolute atomic E-state index is 12.8. The molecule has 6 aromatic rings. The van der Waals surface area contributed by atoms with Gasteiger partial charge in [-0.2, -0.15) is 0 Å². The Kier molecular flexibility index (Phi) is 21.4. The van der Waals surface area contributed by atoms with Gasteiger partial charge < -0.3 is 48.3 Å². The molecule has 4 fully saturated rings. The number of quaternary nitrogens is 3. The summed E-state index contributed by atoms with van der Waals surface area (Å²) in [7, 11) is 14.0. The minimum Gasteiger partial charge on any atom is -0.488 e. The molecule has 2 bridgehead atoms. The quantitative estimate of drug-likeness (QED) is 0.0825. The molecule has 7 aliphatic rings. The number of benzene rings is 6. The third-order valence-electron chi connectivity index (χ3n) is 20.3. The Hall–Kier alpha value is -7.23. The highest BCUT2D eigenvalue weighted by molar-refractivity contribution is 6.36. The predicted octanol–water partition coefficient (Wildman–Crippen LogP) is 15.9. The molecule has 3 saturated carbocycles. The first-order chi connectivity index (χ1) is 44.6. The van der Waals surface area contributed by atoms with Crippen molar-refractivity contribution in [2.45, 2.75) is 116 Å². The molecule has 13 nitrogen and oxygen atoms in total. The number of amides is 3. The van der Waals surface area contributed by atoms with Gasteiger partial charge in [-0.3, -0.25) is 14.4 Å². The first-order valence-corrected chi connectivity index (χ1v) is 34.3. The summed E-state index contributed by atoms with van der Waals surface area (Å²) in [4.78, 5) is 38.2. The summed E-state index contributed by atoms with van der Waals surface area (Å²) in [6, 6.07) is 41.4. The van der Waals surface area contributed by atoms with E-state index in [0.717, 1.165) is 139 Å².